The van der Waals surface area contributed by atoms with E-state index in [1.165, 1.54) is 6.07 Å². The lowest BCUT2D eigenvalue weighted by Crippen LogP contribution is -2.31. The first-order valence-electron chi connectivity index (χ1n) is 6.57. The highest BCUT2D eigenvalue weighted by Crippen LogP contribution is 2.32. The molecule has 0 aromatic heterocycles. The molecular weight excluding hydrogens is 286 g/mol. The van der Waals surface area contributed by atoms with Crippen molar-refractivity contribution in [2.45, 2.75) is 26.5 Å². The fourth-order valence-electron chi connectivity index (χ4n) is 2.55. The van der Waals surface area contributed by atoms with Gasteiger partial charge in [-0.25, -0.2) is 0 Å². The van der Waals surface area contributed by atoms with E-state index in [4.69, 9.17) is 17.3 Å². The molecule has 0 saturated carbocycles. The van der Waals surface area contributed by atoms with Gasteiger partial charge in [0.2, 0.25) is 0 Å². The van der Waals surface area contributed by atoms with Crippen LogP contribution in [0.5, 0.6) is 5.75 Å². The second-order valence-corrected chi connectivity index (χ2v) is 6.04. The van der Waals surface area contributed by atoms with Gasteiger partial charge >= 0.3 is 6.61 Å². The average Bonchev–Trinajstić information content (AvgIpc) is 2.75. The molecule has 1 aromatic rings. The van der Waals surface area contributed by atoms with Crippen molar-refractivity contribution >= 4 is 11.6 Å². The van der Waals surface area contributed by atoms with E-state index in [9.17, 15) is 8.78 Å². The maximum Gasteiger partial charge on any atom is 0.387 e. The summed E-state index contributed by atoms with van der Waals surface area (Å²) < 4.78 is 29.4. The Morgan fingerprint density at radius 2 is 2.25 bits per heavy atom. The Balaban J connectivity index is 2.10. The van der Waals surface area contributed by atoms with E-state index in [2.05, 4.69) is 16.6 Å². The molecule has 1 aliphatic heterocycles. The van der Waals surface area contributed by atoms with Crippen molar-refractivity contribution in [3.63, 3.8) is 0 Å². The van der Waals surface area contributed by atoms with E-state index in [-0.39, 0.29) is 11.2 Å². The van der Waals surface area contributed by atoms with Crippen LogP contribution in [0.25, 0.3) is 0 Å². The molecule has 1 aliphatic rings. The van der Waals surface area contributed by atoms with Crippen molar-refractivity contribution < 1.29 is 13.5 Å². The second kappa shape index (κ2) is 6.24. The first kappa shape index (κ1) is 15.5. The third-order valence-corrected chi connectivity index (χ3v) is 4.00. The van der Waals surface area contributed by atoms with Gasteiger partial charge in [-0.1, -0.05) is 18.5 Å². The molecule has 1 saturated heterocycles. The number of ether oxygens (including phenoxy) is 1. The minimum absolute atomic E-state index is 0.0995. The van der Waals surface area contributed by atoms with E-state index in [0.717, 1.165) is 19.5 Å². The molecule has 0 radical (unpaired) electrons. The van der Waals surface area contributed by atoms with E-state index in [1.54, 1.807) is 12.1 Å². The van der Waals surface area contributed by atoms with Gasteiger partial charge in [-0.2, -0.15) is 8.78 Å². The van der Waals surface area contributed by atoms with Crippen molar-refractivity contribution in [2.24, 2.45) is 11.1 Å². The summed E-state index contributed by atoms with van der Waals surface area (Å²) in [6.45, 7) is 2.22. The molecule has 0 aliphatic carbocycles. The van der Waals surface area contributed by atoms with Crippen molar-refractivity contribution in [2.75, 3.05) is 19.6 Å². The van der Waals surface area contributed by atoms with Gasteiger partial charge < -0.3 is 10.5 Å². The number of benzene rings is 1. The number of hydrogen-bond acceptors (Lipinski definition) is 3. The lowest BCUT2D eigenvalue weighted by Gasteiger charge is -2.23. The van der Waals surface area contributed by atoms with Crippen molar-refractivity contribution in [1.82, 2.24) is 4.90 Å². The Morgan fingerprint density at radius 1 is 1.50 bits per heavy atom. The highest BCUT2D eigenvalue weighted by atomic mass is 35.5. The summed E-state index contributed by atoms with van der Waals surface area (Å²) in [7, 11) is 0. The Morgan fingerprint density at radius 3 is 2.85 bits per heavy atom. The van der Waals surface area contributed by atoms with Crippen molar-refractivity contribution in [3.8, 4) is 5.75 Å². The zero-order chi connectivity index (χ0) is 14.8. The van der Waals surface area contributed by atoms with Crippen LogP contribution in [0.2, 0.25) is 5.02 Å². The smallest absolute Gasteiger partial charge is 0.387 e. The van der Waals surface area contributed by atoms with Gasteiger partial charge in [-0.05, 0) is 43.1 Å². The van der Waals surface area contributed by atoms with Crippen LogP contribution in [0.1, 0.15) is 18.9 Å². The molecule has 6 heteroatoms. The van der Waals surface area contributed by atoms with Gasteiger partial charge in [0.25, 0.3) is 0 Å². The fraction of sp³-hybridized carbons (Fsp3) is 0.571. The van der Waals surface area contributed by atoms with Crippen LogP contribution in [0.4, 0.5) is 8.78 Å². The molecule has 2 rings (SSSR count). The fourth-order valence-corrected chi connectivity index (χ4v) is 2.75. The number of nitrogens with zero attached hydrogens (tertiary/aromatic N) is 1. The van der Waals surface area contributed by atoms with Gasteiger partial charge in [0.1, 0.15) is 5.75 Å². The monoisotopic (exact) mass is 304 g/mol. The third kappa shape index (κ3) is 3.81. The summed E-state index contributed by atoms with van der Waals surface area (Å²) in [5.74, 6) is 0.186. The zero-order valence-electron chi connectivity index (χ0n) is 11.4. The van der Waals surface area contributed by atoms with Crippen molar-refractivity contribution in [3.05, 3.63) is 28.8 Å². The second-order valence-electron chi connectivity index (χ2n) is 5.61. The highest BCUT2D eigenvalue weighted by Gasteiger charge is 2.32. The maximum absolute atomic E-state index is 12.4. The zero-order valence-corrected chi connectivity index (χ0v) is 12.2. The maximum atomic E-state index is 12.4. The molecule has 0 amide bonds. The van der Waals surface area contributed by atoms with E-state index >= 15 is 0 Å². The Labute approximate surface area is 122 Å². The normalized spacial score (nSPS) is 23.5. The average molecular weight is 305 g/mol. The molecule has 1 fully saturated rings. The number of hydrogen-bond donors (Lipinski definition) is 1. The number of nitrogens with two attached hydrogens (primary N) is 1. The number of halogens is 3. The molecule has 112 valence electrons. The summed E-state index contributed by atoms with van der Waals surface area (Å²) in [6.07, 6.45) is 1.01. The lowest BCUT2D eigenvalue weighted by molar-refractivity contribution is -0.0507. The van der Waals surface area contributed by atoms with E-state index in [1.807, 2.05) is 0 Å². The predicted molar refractivity (Wildman–Crippen MR) is 75.1 cm³/mol. The van der Waals surface area contributed by atoms with Crippen LogP contribution < -0.4 is 10.5 Å². The largest absolute Gasteiger partial charge is 0.434 e. The Hall–Kier alpha value is -0.910. The SMILES string of the molecule is CC1(CN)CCN(Cc2cc(Cl)ccc2OC(F)F)C1. The Kier molecular flexibility index (Phi) is 4.83. The van der Waals surface area contributed by atoms with Gasteiger partial charge in [0.05, 0.1) is 0 Å². The molecule has 2 N–H and O–H groups in total. The number of alkyl halides is 2. The van der Waals surface area contributed by atoms with Crippen LogP contribution in [-0.2, 0) is 6.54 Å². The van der Waals surface area contributed by atoms with Gasteiger partial charge in [-0.3, -0.25) is 4.90 Å². The van der Waals surface area contributed by atoms with Gasteiger partial charge in [-0.15, -0.1) is 0 Å². The Bertz CT molecular complexity index is 472. The molecule has 0 spiro atoms. The lowest BCUT2D eigenvalue weighted by atomic mass is 9.90. The summed E-state index contributed by atoms with van der Waals surface area (Å²) in [6, 6.07) is 4.72. The summed E-state index contributed by atoms with van der Waals surface area (Å²) in [5.41, 5.74) is 6.55. The van der Waals surface area contributed by atoms with Gasteiger partial charge in [0, 0.05) is 23.7 Å². The quantitative estimate of drug-likeness (QED) is 0.908. The first-order chi connectivity index (χ1) is 9.42. The predicted octanol–water partition coefficient (Wildman–Crippen LogP) is 3.11. The molecular formula is C14H19ClF2N2O. The van der Waals surface area contributed by atoms with E-state index in [0.29, 0.717) is 23.7 Å². The standard InChI is InChI=1S/C14H19ClF2N2O/c1-14(8-18)4-5-19(9-14)7-10-6-11(15)2-3-12(10)20-13(16)17/h2-3,6,13H,4-5,7-9,18H2,1H3. The van der Waals surface area contributed by atoms with Crippen LogP contribution >= 0.6 is 11.6 Å². The topological polar surface area (TPSA) is 38.5 Å². The van der Waals surface area contributed by atoms with Crippen LogP contribution in [0.15, 0.2) is 18.2 Å². The molecule has 20 heavy (non-hydrogen) atoms. The van der Waals surface area contributed by atoms with Gasteiger partial charge in [0.15, 0.2) is 0 Å². The molecule has 1 heterocycles. The number of likely N-dealkylation sites (tertiary alicyclic amines) is 1. The highest BCUT2D eigenvalue weighted by molar-refractivity contribution is 6.30. The van der Waals surface area contributed by atoms with Crippen LogP contribution in [-0.4, -0.2) is 31.1 Å². The molecule has 1 atom stereocenters. The minimum Gasteiger partial charge on any atom is -0.434 e. The van der Waals surface area contributed by atoms with Crippen LogP contribution in [0, 0.1) is 5.41 Å². The molecule has 3 nitrogen and oxygen atoms in total. The van der Waals surface area contributed by atoms with E-state index < -0.39 is 6.61 Å². The molecule has 0 bridgehead atoms. The minimum atomic E-state index is -2.83. The summed E-state index contributed by atoms with van der Waals surface area (Å²) >= 11 is 5.94. The number of rotatable bonds is 5. The van der Waals surface area contributed by atoms with Crippen molar-refractivity contribution in [1.29, 1.82) is 0 Å². The van der Waals surface area contributed by atoms with Crippen LogP contribution in [0.3, 0.4) is 0 Å². The third-order valence-electron chi connectivity index (χ3n) is 3.76. The molecule has 1 aromatic carbocycles. The summed E-state index contributed by atoms with van der Waals surface area (Å²) in [5, 5.41) is 0.516. The molecule has 1 unspecified atom stereocenters. The summed E-state index contributed by atoms with van der Waals surface area (Å²) in [4.78, 5) is 2.19. The first-order valence-corrected chi connectivity index (χ1v) is 6.95.